The molecule has 3 heterocycles. The van der Waals surface area contributed by atoms with Crippen LogP contribution >= 0.6 is 0 Å². The zero-order valence-electron chi connectivity index (χ0n) is 18.2. The third-order valence-electron chi connectivity index (χ3n) is 5.82. The van der Waals surface area contributed by atoms with Gasteiger partial charge >= 0.3 is 0 Å². The van der Waals surface area contributed by atoms with Crippen LogP contribution in [0.25, 0.3) is 0 Å². The number of aliphatic imine (C=N–C) groups is 1. The minimum Gasteiger partial charge on any atom is -0.493 e. The lowest BCUT2D eigenvalue weighted by Crippen LogP contribution is -2.49. The predicted octanol–water partition coefficient (Wildman–Crippen LogP) is 3.09. The molecule has 4 rings (SSSR count). The normalized spacial score (nSPS) is 16.9. The lowest BCUT2D eigenvalue weighted by atomic mass is 10.1. The Morgan fingerprint density at radius 3 is 2.87 bits per heavy atom. The van der Waals surface area contributed by atoms with Crippen LogP contribution < -0.4 is 20.3 Å². The molecule has 6 heteroatoms. The number of fused-ring (bicyclic) bond motifs is 1. The molecule has 0 unspecified atom stereocenters. The molecular formula is C24H33N5O. The lowest BCUT2D eigenvalue weighted by Gasteiger charge is -2.33. The molecule has 2 aliphatic heterocycles. The van der Waals surface area contributed by atoms with Gasteiger partial charge in [-0.1, -0.05) is 18.2 Å². The highest BCUT2D eigenvalue weighted by Crippen LogP contribution is 2.26. The Morgan fingerprint density at radius 1 is 1.23 bits per heavy atom. The molecule has 0 radical (unpaired) electrons. The summed E-state index contributed by atoms with van der Waals surface area (Å²) >= 11 is 0. The van der Waals surface area contributed by atoms with Crippen LogP contribution in [0.3, 0.4) is 0 Å². The fourth-order valence-electron chi connectivity index (χ4n) is 4.11. The third-order valence-corrected chi connectivity index (χ3v) is 5.82. The first-order valence-corrected chi connectivity index (χ1v) is 11.2. The molecule has 1 fully saturated rings. The van der Waals surface area contributed by atoms with Gasteiger partial charge in [-0.2, -0.15) is 0 Å². The van der Waals surface area contributed by atoms with Crippen molar-refractivity contribution in [1.29, 1.82) is 0 Å². The summed E-state index contributed by atoms with van der Waals surface area (Å²) in [5.74, 6) is 3.05. The van der Waals surface area contributed by atoms with E-state index in [-0.39, 0.29) is 0 Å². The maximum Gasteiger partial charge on any atom is 0.191 e. The number of rotatable bonds is 6. The summed E-state index contributed by atoms with van der Waals surface area (Å²) in [4.78, 5) is 11.8. The number of nitrogens with zero attached hydrogens (tertiary/aromatic N) is 3. The van der Waals surface area contributed by atoms with Gasteiger partial charge in [-0.05, 0) is 61.9 Å². The van der Waals surface area contributed by atoms with Gasteiger partial charge in [0, 0.05) is 44.8 Å². The van der Waals surface area contributed by atoms with Gasteiger partial charge in [-0.25, -0.2) is 4.98 Å². The number of benzene rings is 1. The molecule has 160 valence electrons. The molecule has 0 bridgehead atoms. The van der Waals surface area contributed by atoms with Crippen molar-refractivity contribution in [2.45, 2.75) is 45.6 Å². The molecule has 1 aromatic heterocycles. The van der Waals surface area contributed by atoms with Gasteiger partial charge < -0.3 is 20.3 Å². The van der Waals surface area contributed by atoms with E-state index in [4.69, 9.17) is 9.73 Å². The van der Waals surface area contributed by atoms with Crippen LogP contribution in [0.2, 0.25) is 0 Å². The summed E-state index contributed by atoms with van der Waals surface area (Å²) < 4.78 is 5.60. The number of guanidine groups is 1. The first-order chi connectivity index (χ1) is 14.7. The number of nitrogens with one attached hydrogen (secondary N) is 2. The highest BCUT2D eigenvalue weighted by molar-refractivity contribution is 5.80. The van der Waals surface area contributed by atoms with Crippen LogP contribution in [0, 0.1) is 6.92 Å². The standard InChI is InChI=1S/C24H33N5O/c1-3-25-24(26-12-8-19-5-6-22-20(16-19)11-15-30-22)28-21-9-13-29(14-10-21)23-7-4-18(2)17-27-23/h4-7,16-17,21H,3,8-15H2,1-2H3,(H2,25,26,28). The highest BCUT2D eigenvalue weighted by atomic mass is 16.5. The Morgan fingerprint density at radius 2 is 2.10 bits per heavy atom. The Hall–Kier alpha value is -2.76. The van der Waals surface area contributed by atoms with E-state index in [1.54, 1.807) is 0 Å². The molecule has 2 aromatic rings. The van der Waals surface area contributed by atoms with Crippen LogP contribution in [0.4, 0.5) is 5.82 Å². The van der Waals surface area contributed by atoms with Gasteiger partial charge in [0.1, 0.15) is 11.6 Å². The van der Waals surface area contributed by atoms with Gasteiger partial charge in [-0.15, -0.1) is 0 Å². The maximum absolute atomic E-state index is 5.60. The first-order valence-electron chi connectivity index (χ1n) is 11.2. The number of hydrogen-bond acceptors (Lipinski definition) is 4. The SMILES string of the molecule is CCNC(=NCCc1ccc2c(c1)CCO2)NC1CCN(c2ccc(C)cn2)CC1. The second-order valence-corrected chi connectivity index (χ2v) is 8.15. The molecule has 2 N–H and O–H groups in total. The van der Waals surface area contributed by atoms with Crippen molar-refractivity contribution in [1.82, 2.24) is 15.6 Å². The molecule has 0 amide bonds. The minimum atomic E-state index is 0.446. The lowest BCUT2D eigenvalue weighted by molar-refractivity contribution is 0.357. The van der Waals surface area contributed by atoms with E-state index >= 15 is 0 Å². The Labute approximate surface area is 179 Å². The number of aromatic nitrogens is 1. The molecule has 0 aliphatic carbocycles. The van der Waals surface area contributed by atoms with E-state index in [9.17, 15) is 0 Å². The van der Waals surface area contributed by atoms with E-state index in [0.29, 0.717) is 6.04 Å². The number of anilines is 1. The van der Waals surface area contributed by atoms with Gasteiger partial charge in [0.2, 0.25) is 0 Å². The second kappa shape index (κ2) is 9.83. The monoisotopic (exact) mass is 407 g/mol. The number of piperidine rings is 1. The van der Waals surface area contributed by atoms with Crippen molar-refractivity contribution in [3.8, 4) is 5.75 Å². The largest absolute Gasteiger partial charge is 0.493 e. The van der Waals surface area contributed by atoms with Crippen molar-refractivity contribution in [3.63, 3.8) is 0 Å². The van der Waals surface area contributed by atoms with E-state index in [1.807, 2.05) is 6.20 Å². The average molecular weight is 408 g/mol. The molecule has 30 heavy (non-hydrogen) atoms. The molecule has 1 saturated heterocycles. The third kappa shape index (κ3) is 5.23. The van der Waals surface area contributed by atoms with E-state index in [1.165, 1.54) is 16.7 Å². The zero-order chi connectivity index (χ0) is 20.8. The Bertz CT molecular complexity index is 856. The fraction of sp³-hybridized carbons (Fsp3) is 0.500. The molecule has 2 aliphatic rings. The first kappa shape index (κ1) is 20.5. The quantitative estimate of drug-likeness (QED) is 0.569. The summed E-state index contributed by atoms with van der Waals surface area (Å²) in [6.07, 6.45) is 6.09. The second-order valence-electron chi connectivity index (χ2n) is 8.15. The topological polar surface area (TPSA) is 61.8 Å². The highest BCUT2D eigenvalue weighted by Gasteiger charge is 2.21. The molecule has 6 nitrogen and oxygen atoms in total. The smallest absolute Gasteiger partial charge is 0.191 e. The predicted molar refractivity (Wildman–Crippen MR) is 123 cm³/mol. The van der Waals surface area contributed by atoms with Crippen molar-refractivity contribution >= 4 is 11.8 Å². The van der Waals surface area contributed by atoms with E-state index in [2.05, 4.69) is 64.7 Å². The fourth-order valence-corrected chi connectivity index (χ4v) is 4.11. The van der Waals surface area contributed by atoms with Crippen LogP contribution in [-0.2, 0) is 12.8 Å². The molecule has 0 atom stereocenters. The molecular weight excluding hydrogens is 374 g/mol. The zero-order valence-corrected chi connectivity index (χ0v) is 18.2. The van der Waals surface area contributed by atoms with Crippen molar-refractivity contribution in [2.24, 2.45) is 4.99 Å². The van der Waals surface area contributed by atoms with Gasteiger partial charge in [0.05, 0.1) is 6.61 Å². The summed E-state index contributed by atoms with van der Waals surface area (Å²) in [6.45, 7) is 8.69. The van der Waals surface area contributed by atoms with Crippen LogP contribution in [0.15, 0.2) is 41.5 Å². The Balaban J connectivity index is 1.27. The molecule has 0 saturated carbocycles. The van der Waals surface area contributed by atoms with Gasteiger partial charge in [-0.3, -0.25) is 4.99 Å². The van der Waals surface area contributed by atoms with Crippen molar-refractivity contribution < 1.29 is 4.74 Å². The number of ether oxygens (including phenoxy) is 1. The molecule has 0 spiro atoms. The summed E-state index contributed by atoms with van der Waals surface area (Å²) in [5.41, 5.74) is 3.86. The number of hydrogen-bond donors (Lipinski definition) is 2. The van der Waals surface area contributed by atoms with Crippen molar-refractivity contribution in [2.75, 3.05) is 37.7 Å². The van der Waals surface area contributed by atoms with Crippen LogP contribution in [0.1, 0.15) is 36.5 Å². The van der Waals surface area contributed by atoms with Gasteiger partial charge in [0.25, 0.3) is 0 Å². The van der Waals surface area contributed by atoms with Gasteiger partial charge in [0.15, 0.2) is 5.96 Å². The number of aryl methyl sites for hydroxylation is 1. The Kier molecular flexibility index (Phi) is 6.72. The maximum atomic E-state index is 5.60. The average Bonchev–Trinajstić information content (AvgIpc) is 3.23. The van der Waals surface area contributed by atoms with E-state index in [0.717, 1.165) is 76.0 Å². The summed E-state index contributed by atoms with van der Waals surface area (Å²) in [7, 11) is 0. The summed E-state index contributed by atoms with van der Waals surface area (Å²) in [5, 5.41) is 7.04. The van der Waals surface area contributed by atoms with E-state index < -0.39 is 0 Å². The number of pyridine rings is 1. The minimum absolute atomic E-state index is 0.446. The van der Waals surface area contributed by atoms with Crippen molar-refractivity contribution in [3.05, 3.63) is 53.2 Å². The molecule has 1 aromatic carbocycles. The summed E-state index contributed by atoms with van der Waals surface area (Å²) in [6, 6.07) is 11.2. The van der Waals surface area contributed by atoms with Crippen LogP contribution in [0.5, 0.6) is 5.75 Å². The van der Waals surface area contributed by atoms with Crippen LogP contribution in [-0.4, -0.2) is 49.8 Å².